The topological polar surface area (TPSA) is 96.8 Å². The van der Waals surface area contributed by atoms with Crippen molar-refractivity contribution in [3.8, 4) is 33.1 Å². The Morgan fingerprint density at radius 2 is 1.67 bits per heavy atom. The predicted octanol–water partition coefficient (Wildman–Crippen LogP) is 5.07. The SMILES string of the molecule is CCc1nc2ccc(N3CCN(C(=O)C(N)=O)CC3)cn2c1-c1ccc(-c2nc(-c3ccc(F)cc3)cs2)c(C)c1F. The number of nitrogens with zero attached hydrogens (tertiary/aromatic N) is 5. The molecule has 5 aromatic rings. The van der Waals surface area contributed by atoms with Crippen molar-refractivity contribution in [3.05, 3.63) is 83.0 Å². The molecule has 8 nitrogen and oxygen atoms in total. The van der Waals surface area contributed by atoms with Gasteiger partial charge in [0.2, 0.25) is 0 Å². The number of thiazole rings is 1. The minimum atomic E-state index is -0.952. The summed E-state index contributed by atoms with van der Waals surface area (Å²) in [4.78, 5) is 36.3. The quantitative estimate of drug-likeness (QED) is 0.290. The predicted molar refractivity (Wildman–Crippen MR) is 159 cm³/mol. The number of aromatic nitrogens is 3. The average Bonchev–Trinajstić information content (AvgIpc) is 3.63. The van der Waals surface area contributed by atoms with E-state index in [0.717, 1.165) is 16.9 Å². The van der Waals surface area contributed by atoms with Crippen LogP contribution in [-0.4, -0.2) is 57.3 Å². The molecule has 11 heteroatoms. The molecule has 2 N–H and O–H groups in total. The van der Waals surface area contributed by atoms with Crippen molar-refractivity contribution < 1.29 is 18.4 Å². The summed E-state index contributed by atoms with van der Waals surface area (Å²) in [6.07, 6.45) is 2.56. The first-order valence-corrected chi connectivity index (χ1v) is 14.5. The molecule has 0 bridgehead atoms. The Kier molecular flexibility index (Phi) is 7.19. The van der Waals surface area contributed by atoms with E-state index >= 15 is 4.39 Å². The monoisotopic (exact) mass is 586 g/mol. The van der Waals surface area contributed by atoms with Crippen LogP contribution in [0.3, 0.4) is 0 Å². The summed E-state index contributed by atoms with van der Waals surface area (Å²) in [5, 5.41) is 2.57. The summed E-state index contributed by atoms with van der Waals surface area (Å²) < 4.78 is 31.5. The summed E-state index contributed by atoms with van der Waals surface area (Å²) in [5.74, 6) is -2.28. The third-order valence-corrected chi connectivity index (χ3v) is 8.54. The highest BCUT2D eigenvalue weighted by molar-refractivity contribution is 7.13. The van der Waals surface area contributed by atoms with Crippen molar-refractivity contribution >= 4 is 34.5 Å². The minimum Gasteiger partial charge on any atom is -0.367 e. The van der Waals surface area contributed by atoms with E-state index in [9.17, 15) is 14.0 Å². The number of hydrogen-bond donors (Lipinski definition) is 1. The highest BCUT2D eigenvalue weighted by atomic mass is 32.1. The van der Waals surface area contributed by atoms with Crippen LogP contribution in [0.5, 0.6) is 0 Å². The first-order chi connectivity index (χ1) is 20.2. The molecule has 0 unspecified atom stereocenters. The van der Waals surface area contributed by atoms with E-state index in [1.807, 2.05) is 41.1 Å². The molecule has 1 aliphatic rings. The highest BCUT2D eigenvalue weighted by Gasteiger charge is 2.26. The van der Waals surface area contributed by atoms with Gasteiger partial charge in [-0.3, -0.25) is 14.0 Å². The number of carbonyl (C=O) groups excluding carboxylic acids is 2. The Balaban J connectivity index is 1.34. The first-order valence-electron chi connectivity index (χ1n) is 13.6. The fourth-order valence-electron chi connectivity index (χ4n) is 5.37. The zero-order chi connectivity index (χ0) is 29.5. The number of imidazole rings is 1. The maximum atomic E-state index is 16.2. The molecule has 1 saturated heterocycles. The van der Waals surface area contributed by atoms with Gasteiger partial charge in [-0.1, -0.05) is 13.0 Å². The Morgan fingerprint density at radius 1 is 0.952 bits per heavy atom. The maximum absolute atomic E-state index is 16.2. The third-order valence-electron chi connectivity index (χ3n) is 7.67. The van der Waals surface area contributed by atoms with Gasteiger partial charge >= 0.3 is 11.8 Å². The standard InChI is InChI=1S/C31H28F2N6O2S/c1-3-24-28(39-16-21(8-11-26(39)35-24)37-12-14-38(15-13-37)31(41)29(34)40)23-10-9-22(18(2)27(23)33)30-36-25(17-42-30)19-4-6-20(32)7-5-19/h4-11,16-17H,3,12-15H2,1-2H3,(H2,34,40). The number of fused-ring (bicyclic) bond motifs is 1. The number of primary amides is 1. The van der Waals surface area contributed by atoms with Gasteiger partial charge in [-0.05, 0) is 61.4 Å². The second-order valence-corrected chi connectivity index (χ2v) is 11.0. The van der Waals surface area contributed by atoms with E-state index in [0.29, 0.717) is 71.3 Å². The van der Waals surface area contributed by atoms with E-state index < -0.39 is 11.8 Å². The molecular weight excluding hydrogens is 558 g/mol. The van der Waals surface area contributed by atoms with E-state index in [-0.39, 0.29) is 11.6 Å². The summed E-state index contributed by atoms with van der Waals surface area (Å²) in [7, 11) is 0. The van der Waals surface area contributed by atoms with Crippen molar-refractivity contribution in [1.29, 1.82) is 0 Å². The van der Waals surface area contributed by atoms with Crippen LogP contribution in [0.25, 0.3) is 38.7 Å². The molecule has 0 spiro atoms. The van der Waals surface area contributed by atoms with Gasteiger partial charge in [0.15, 0.2) is 0 Å². The van der Waals surface area contributed by atoms with Crippen molar-refractivity contribution in [2.24, 2.45) is 5.73 Å². The minimum absolute atomic E-state index is 0.312. The number of aryl methyl sites for hydroxylation is 1. The van der Waals surface area contributed by atoms with Gasteiger partial charge in [-0.2, -0.15) is 0 Å². The second kappa shape index (κ2) is 11.0. The Hall–Kier alpha value is -4.64. The Morgan fingerprint density at radius 3 is 2.36 bits per heavy atom. The normalized spacial score (nSPS) is 13.6. The van der Waals surface area contributed by atoms with Gasteiger partial charge < -0.3 is 15.5 Å². The number of anilines is 1. The van der Waals surface area contributed by atoms with Crippen LogP contribution in [0.1, 0.15) is 18.2 Å². The number of nitrogens with two attached hydrogens (primary N) is 1. The van der Waals surface area contributed by atoms with Crippen LogP contribution in [0.2, 0.25) is 0 Å². The second-order valence-electron chi connectivity index (χ2n) is 10.2. The largest absolute Gasteiger partial charge is 0.367 e. The average molecular weight is 587 g/mol. The van der Waals surface area contributed by atoms with Crippen LogP contribution in [-0.2, 0) is 16.0 Å². The fourth-order valence-corrected chi connectivity index (χ4v) is 6.29. The smallest absolute Gasteiger partial charge is 0.311 e. The molecule has 0 saturated carbocycles. The van der Waals surface area contributed by atoms with Crippen molar-refractivity contribution in [3.63, 3.8) is 0 Å². The fraction of sp³-hybridized carbons (Fsp3) is 0.226. The zero-order valence-electron chi connectivity index (χ0n) is 23.1. The molecule has 2 aromatic carbocycles. The van der Waals surface area contributed by atoms with Crippen LogP contribution in [0, 0.1) is 18.6 Å². The van der Waals surface area contributed by atoms with E-state index in [4.69, 9.17) is 15.7 Å². The summed E-state index contributed by atoms with van der Waals surface area (Å²) >= 11 is 1.41. The summed E-state index contributed by atoms with van der Waals surface area (Å²) in [5.41, 5.74) is 11.4. The van der Waals surface area contributed by atoms with Gasteiger partial charge in [-0.25, -0.2) is 18.7 Å². The molecule has 3 aromatic heterocycles. The van der Waals surface area contributed by atoms with Gasteiger partial charge in [0, 0.05) is 54.4 Å². The third kappa shape index (κ3) is 4.89. The number of halogens is 2. The molecule has 1 aliphatic heterocycles. The highest BCUT2D eigenvalue weighted by Crippen LogP contribution is 2.37. The molecule has 4 heterocycles. The lowest BCUT2D eigenvalue weighted by molar-refractivity contribution is -0.144. The van der Waals surface area contributed by atoms with Gasteiger partial charge in [0.05, 0.1) is 22.8 Å². The number of rotatable bonds is 5. The molecule has 0 radical (unpaired) electrons. The lowest BCUT2D eigenvalue weighted by Crippen LogP contribution is -2.52. The number of pyridine rings is 1. The molecule has 1 fully saturated rings. The molecule has 0 atom stereocenters. The molecule has 214 valence electrons. The van der Waals surface area contributed by atoms with Crippen molar-refractivity contribution in [2.45, 2.75) is 20.3 Å². The van der Waals surface area contributed by atoms with Gasteiger partial charge in [0.25, 0.3) is 0 Å². The maximum Gasteiger partial charge on any atom is 0.311 e. The molecule has 2 amide bonds. The van der Waals surface area contributed by atoms with E-state index in [1.54, 1.807) is 25.1 Å². The summed E-state index contributed by atoms with van der Waals surface area (Å²) in [6.45, 7) is 5.57. The van der Waals surface area contributed by atoms with Crippen molar-refractivity contribution in [1.82, 2.24) is 19.3 Å². The summed E-state index contributed by atoms with van der Waals surface area (Å²) in [6, 6.07) is 13.7. The number of carbonyl (C=O) groups is 2. The molecule has 42 heavy (non-hydrogen) atoms. The number of benzene rings is 2. The van der Waals surface area contributed by atoms with Gasteiger partial charge in [-0.15, -0.1) is 11.3 Å². The zero-order valence-corrected chi connectivity index (χ0v) is 23.9. The Labute approximate surface area is 245 Å². The Bertz CT molecular complexity index is 1820. The lowest BCUT2D eigenvalue weighted by Gasteiger charge is -2.35. The molecule has 6 rings (SSSR count). The van der Waals surface area contributed by atoms with Crippen LogP contribution >= 0.6 is 11.3 Å². The number of hydrogen-bond acceptors (Lipinski definition) is 6. The lowest BCUT2D eigenvalue weighted by atomic mass is 10.0. The number of piperazine rings is 1. The van der Waals surface area contributed by atoms with Gasteiger partial charge in [0.1, 0.15) is 22.3 Å². The van der Waals surface area contributed by atoms with Crippen molar-refractivity contribution in [2.75, 3.05) is 31.1 Å². The first kappa shape index (κ1) is 27.5. The number of amides is 2. The van der Waals surface area contributed by atoms with E-state index in [2.05, 4.69) is 4.90 Å². The molecular formula is C31H28F2N6O2S. The van der Waals surface area contributed by atoms with Crippen LogP contribution in [0.15, 0.2) is 60.1 Å². The molecule has 0 aliphatic carbocycles. The van der Waals surface area contributed by atoms with Crippen LogP contribution < -0.4 is 10.6 Å². The van der Waals surface area contributed by atoms with Crippen LogP contribution in [0.4, 0.5) is 14.5 Å². The van der Waals surface area contributed by atoms with E-state index in [1.165, 1.54) is 28.4 Å².